The average Bonchev–Trinajstić information content (AvgIpc) is 2.40. The van der Waals surface area contributed by atoms with Gasteiger partial charge in [-0.1, -0.05) is 43.3 Å². The minimum absolute atomic E-state index is 0.597. The second-order valence-corrected chi connectivity index (χ2v) is 7.38. The van der Waals surface area contributed by atoms with Crippen molar-refractivity contribution in [2.75, 3.05) is 0 Å². The molecule has 2 heteroatoms. The van der Waals surface area contributed by atoms with E-state index in [1.165, 1.54) is 21.8 Å². The van der Waals surface area contributed by atoms with Crippen LogP contribution in [-0.2, 0) is 0 Å². The van der Waals surface area contributed by atoms with Crippen molar-refractivity contribution in [1.29, 1.82) is 0 Å². The summed E-state index contributed by atoms with van der Waals surface area (Å²) >= 11 is 4.01. The molecule has 1 aliphatic heterocycles. The van der Waals surface area contributed by atoms with Gasteiger partial charge in [0.05, 0.1) is 0 Å². The third kappa shape index (κ3) is 2.60. The Kier molecular flexibility index (Phi) is 3.67. The molecule has 2 atom stereocenters. The first-order valence-electron chi connectivity index (χ1n) is 6.30. The smallest absolute Gasteiger partial charge is 0.0366 e. The molecule has 0 aromatic heterocycles. The van der Waals surface area contributed by atoms with Crippen LogP contribution in [0.4, 0.5) is 0 Å². The maximum absolute atomic E-state index is 2.33. The van der Waals surface area contributed by atoms with Gasteiger partial charge in [0.25, 0.3) is 0 Å². The van der Waals surface area contributed by atoms with Crippen LogP contribution in [0, 0.1) is 0 Å². The maximum atomic E-state index is 2.33. The Labute approximate surface area is 117 Å². The van der Waals surface area contributed by atoms with Gasteiger partial charge in [0, 0.05) is 20.3 Å². The Hall–Kier alpha value is -0.860. The fraction of sp³-hybridized carbons (Fsp3) is 0.250. The summed E-state index contributed by atoms with van der Waals surface area (Å²) in [5.74, 6) is 0. The Morgan fingerprint density at radius 1 is 1.00 bits per heavy atom. The van der Waals surface area contributed by atoms with Crippen LogP contribution < -0.4 is 0 Å². The van der Waals surface area contributed by atoms with E-state index in [4.69, 9.17) is 0 Å². The molecule has 0 amide bonds. The average molecular weight is 272 g/mol. The van der Waals surface area contributed by atoms with E-state index < -0.39 is 0 Å². The lowest BCUT2D eigenvalue weighted by atomic mass is 10.1. The van der Waals surface area contributed by atoms with Gasteiger partial charge in [-0.05, 0) is 30.2 Å². The van der Waals surface area contributed by atoms with Crippen molar-refractivity contribution in [3.63, 3.8) is 0 Å². The summed E-state index contributed by atoms with van der Waals surface area (Å²) < 4.78 is 0. The highest BCUT2D eigenvalue weighted by Crippen LogP contribution is 2.48. The van der Waals surface area contributed by atoms with Crippen molar-refractivity contribution in [3.05, 3.63) is 60.2 Å². The standard InChI is InChI=1S/C16H16S2/c1-12-11-16(18-13-7-3-2-4-8-13)14-9-5-6-10-15(14)17-12/h2-10,12,16H,11H2,1H3. The molecule has 0 spiro atoms. The second kappa shape index (κ2) is 5.41. The van der Waals surface area contributed by atoms with E-state index in [1.807, 2.05) is 23.5 Å². The third-order valence-corrected chi connectivity index (χ3v) is 5.66. The van der Waals surface area contributed by atoms with Gasteiger partial charge < -0.3 is 0 Å². The van der Waals surface area contributed by atoms with Gasteiger partial charge in [-0.2, -0.15) is 0 Å². The molecular weight excluding hydrogens is 256 g/mol. The van der Waals surface area contributed by atoms with Crippen LogP contribution in [-0.4, -0.2) is 5.25 Å². The summed E-state index contributed by atoms with van der Waals surface area (Å²) in [6.07, 6.45) is 1.25. The molecule has 2 unspecified atom stereocenters. The van der Waals surface area contributed by atoms with Gasteiger partial charge in [0.2, 0.25) is 0 Å². The van der Waals surface area contributed by atoms with E-state index in [-0.39, 0.29) is 0 Å². The van der Waals surface area contributed by atoms with Crippen LogP contribution in [0.25, 0.3) is 0 Å². The summed E-state index contributed by atoms with van der Waals surface area (Å²) in [5, 5.41) is 1.31. The van der Waals surface area contributed by atoms with Crippen molar-refractivity contribution < 1.29 is 0 Å². The van der Waals surface area contributed by atoms with Crippen LogP contribution >= 0.6 is 23.5 Å². The van der Waals surface area contributed by atoms with Gasteiger partial charge in [0.1, 0.15) is 0 Å². The van der Waals surface area contributed by atoms with Gasteiger partial charge >= 0.3 is 0 Å². The first-order valence-corrected chi connectivity index (χ1v) is 8.06. The van der Waals surface area contributed by atoms with Crippen LogP contribution in [0.1, 0.15) is 24.2 Å². The number of rotatable bonds is 2. The summed E-state index contributed by atoms with van der Waals surface area (Å²) in [6.45, 7) is 2.33. The van der Waals surface area contributed by atoms with E-state index >= 15 is 0 Å². The molecule has 92 valence electrons. The SMILES string of the molecule is CC1CC(Sc2ccccc2)c2ccccc2S1. The fourth-order valence-electron chi connectivity index (χ4n) is 2.32. The molecule has 3 rings (SSSR count). The molecule has 1 aliphatic rings. The highest BCUT2D eigenvalue weighted by molar-refractivity contribution is 8.01. The quantitative estimate of drug-likeness (QED) is 0.717. The maximum Gasteiger partial charge on any atom is 0.0366 e. The first kappa shape index (κ1) is 12.2. The first-order chi connectivity index (χ1) is 8.83. The molecule has 0 saturated carbocycles. The molecule has 0 radical (unpaired) electrons. The molecule has 0 N–H and O–H groups in total. The van der Waals surface area contributed by atoms with E-state index in [9.17, 15) is 0 Å². The van der Waals surface area contributed by atoms with E-state index in [0.29, 0.717) is 10.5 Å². The predicted octanol–water partition coefficient (Wildman–Crippen LogP) is 5.40. The highest BCUT2D eigenvalue weighted by Gasteiger charge is 2.25. The van der Waals surface area contributed by atoms with Crippen LogP contribution in [0.3, 0.4) is 0 Å². The van der Waals surface area contributed by atoms with Gasteiger partial charge in [-0.3, -0.25) is 0 Å². The molecule has 0 aliphatic carbocycles. The van der Waals surface area contributed by atoms with Gasteiger partial charge in [-0.15, -0.1) is 23.5 Å². The van der Waals surface area contributed by atoms with Crippen molar-refractivity contribution in [2.45, 2.75) is 33.6 Å². The summed E-state index contributed by atoms with van der Waals surface area (Å²) in [5.41, 5.74) is 1.51. The zero-order valence-corrected chi connectivity index (χ0v) is 12.0. The lowest BCUT2D eigenvalue weighted by molar-refractivity contribution is 0.763. The lowest BCUT2D eigenvalue weighted by Gasteiger charge is -2.28. The zero-order chi connectivity index (χ0) is 12.4. The topological polar surface area (TPSA) is 0 Å². The van der Waals surface area contributed by atoms with Crippen molar-refractivity contribution >= 4 is 23.5 Å². The number of hydrogen-bond donors (Lipinski definition) is 0. The second-order valence-electron chi connectivity index (χ2n) is 4.62. The predicted molar refractivity (Wildman–Crippen MR) is 81.4 cm³/mol. The van der Waals surface area contributed by atoms with Crippen LogP contribution in [0.2, 0.25) is 0 Å². The van der Waals surface area contributed by atoms with Gasteiger partial charge in [-0.25, -0.2) is 0 Å². The fourth-order valence-corrected chi connectivity index (χ4v) is 5.10. The number of hydrogen-bond acceptors (Lipinski definition) is 2. The van der Waals surface area contributed by atoms with E-state index in [2.05, 4.69) is 61.5 Å². The minimum atomic E-state index is 0.597. The van der Waals surface area contributed by atoms with Crippen LogP contribution in [0.15, 0.2) is 64.4 Å². The molecule has 2 aromatic rings. The molecule has 18 heavy (non-hydrogen) atoms. The molecule has 0 fully saturated rings. The van der Waals surface area contributed by atoms with Crippen molar-refractivity contribution in [1.82, 2.24) is 0 Å². The number of fused-ring (bicyclic) bond motifs is 1. The largest absolute Gasteiger partial charge is 0.123 e. The lowest BCUT2D eigenvalue weighted by Crippen LogP contribution is -2.10. The molecule has 1 heterocycles. The Morgan fingerprint density at radius 3 is 2.56 bits per heavy atom. The zero-order valence-electron chi connectivity index (χ0n) is 10.4. The van der Waals surface area contributed by atoms with Crippen molar-refractivity contribution in [2.24, 2.45) is 0 Å². The summed E-state index contributed by atoms with van der Waals surface area (Å²) in [4.78, 5) is 2.83. The normalized spacial score (nSPS) is 22.5. The Bertz CT molecular complexity index is 522. The molecule has 2 aromatic carbocycles. The summed E-state index contributed by atoms with van der Waals surface area (Å²) in [6, 6.07) is 19.6. The van der Waals surface area contributed by atoms with Crippen LogP contribution in [0.5, 0.6) is 0 Å². The molecule has 0 nitrogen and oxygen atoms in total. The Balaban J connectivity index is 1.89. The van der Waals surface area contributed by atoms with Crippen molar-refractivity contribution in [3.8, 4) is 0 Å². The minimum Gasteiger partial charge on any atom is -0.123 e. The molecule has 0 saturated heterocycles. The highest BCUT2D eigenvalue weighted by atomic mass is 32.2. The number of thioether (sulfide) groups is 2. The monoisotopic (exact) mass is 272 g/mol. The summed E-state index contributed by atoms with van der Waals surface area (Å²) in [7, 11) is 0. The number of benzene rings is 2. The third-order valence-electron chi connectivity index (χ3n) is 3.16. The molecule has 0 bridgehead atoms. The van der Waals surface area contributed by atoms with E-state index in [1.54, 1.807) is 0 Å². The Morgan fingerprint density at radius 2 is 1.72 bits per heavy atom. The van der Waals surface area contributed by atoms with Gasteiger partial charge in [0.15, 0.2) is 0 Å². The van der Waals surface area contributed by atoms with E-state index in [0.717, 1.165) is 0 Å². The molecular formula is C16H16S2.